The lowest BCUT2D eigenvalue weighted by Gasteiger charge is -2.03. The van der Waals surface area contributed by atoms with Crippen molar-refractivity contribution in [3.05, 3.63) is 5.82 Å². The minimum Gasteiger partial charge on any atom is -0.307 e. The Balaban J connectivity index is 1.59. The number of aromatic nitrogens is 4. The van der Waals surface area contributed by atoms with Crippen LogP contribution in [0.1, 0.15) is 31.5 Å². The third kappa shape index (κ3) is 1.92. The van der Waals surface area contributed by atoms with E-state index >= 15 is 0 Å². The molecule has 0 amide bonds. The lowest BCUT2D eigenvalue weighted by atomic mass is 10.4. The van der Waals surface area contributed by atoms with Crippen molar-refractivity contribution < 1.29 is 0 Å². The number of hydrogen-bond acceptors (Lipinski definition) is 4. The van der Waals surface area contributed by atoms with Gasteiger partial charge in [-0.3, -0.25) is 0 Å². The summed E-state index contributed by atoms with van der Waals surface area (Å²) in [6, 6.07) is 0.723. The zero-order valence-corrected chi connectivity index (χ0v) is 8.19. The first-order chi connectivity index (χ1) is 6.92. The maximum atomic E-state index is 4.04. The average Bonchev–Trinajstić information content (AvgIpc) is 3.05. The molecule has 2 aliphatic carbocycles. The van der Waals surface area contributed by atoms with E-state index in [4.69, 9.17) is 0 Å². The predicted octanol–water partition coefficient (Wildman–Crippen LogP) is 0.335. The third-order valence-electron chi connectivity index (χ3n) is 2.86. The molecule has 0 unspecified atom stereocenters. The van der Waals surface area contributed by atoms with Crippen LogP contribution in [0.3, 0.4) is 0 Å². The first-order valence-corrected chi connectivity index (χ1v) is 5.40. The summed E-state index contributed by atoms with van der Waals surface area (Å²) in [5.41, 5.74) is 0. The summed E-state index contributed by atoms with van der Waals surface area (Å²) in [7, 11) is 0. The lowest BCUT2D eigenvalue weighted by molar-refractivity contribution is 0.508. The first kappa shape index (κ1) is 8.35. The molecule has 0 aliphatic heterocycles. The van der Waals surface area contributed by atoms with Crippen molar-refractivity contribution >= 4 is 0 Å². The monoisotopic (exact) mass is 193 g/mol. The van der Waals surface area contributed by atoms with Gasteiger partial charge in [-0.25, -0.2) is 4.68 Å². The van der Waals surface area contributed by atoms with Crippen LogP contribution >= 0.6 is 0 Å². The van der Waals surface area contributed by atoms with Crippen molar-refractivity contribution in [2.75, 3.05) is 0 Å². The molecule has 5 nitrogen and oxygen atoms in total. The van der Waals surface area contributed by atoms with Gasteiger partial charge >= 0.3 is 0 Å². The summed E-state index contributed by atoms with van der Waals surface area (Å²) >= 11 is 0. The van der Waals surface area contributed by atoms with Crippen LogP contribution in [-0.2, 0) is 13.1 Å². The smallest absolute Gasteiger partial charge is 0.165 e. The van der Waals surface area contributed by atoms with E-state index in [1.54, 1.807) is 0 Å². The van der Waals surface area contributed by atoms with Gasteiger partial charge in [0.05, 0.1) is 6.54 Å². The zero-order valence-electron chi connectivity index (χ0n) is 8.19. The van der Waals surface area contributed by atoms with Gasteiger partial charge in [0.2, 0.25) is 0 Å². The summed E-state index contributed by atoms with van der Waals surface area (Å²) in [6.07, 6.45) is 5.30. The summed E-state index contributed by atoms with van der Waals surface area (Å²) in [5.74, 6) is 1.82. The molecule has 0 saturated heterocycles. The molecule has 2 saturated carbocycles. The molecule has 3 rings (SSSR count). The highest BCUT2D eigenvalue weighted by molar-refractivity contribution is 4.88. The zero-order chi connectivity index (χ0) is 9.38. The molecule has 1 aromatic heterocycles. The largest absolute Gasteiger partial charge is 0.307 e. The second kappa shape index (κ2) is 3.31. The molecule has 1 N–H and O–H groups in total. The summed E-state index contributed by atoms with van der Waals surface area (Å²) < 4.78 is 1.95. The number of hydrogen-bond donors (Lipinski definition) is 1. The van der Waals surface area contributed by atoms with Gasteiger partial charge in [-0.15, -0.1) is 5.10 Å². The van der Waals surface area contributed by atoms with Gasteiger partial charge in [0.25, 0.3) is 0 Å². The minimum absolute atomic E-state index is 0.723. The van der Waals surface area contributed by atoms with Gasteiger partial charge in [0, 0.05) is 12.6 Å². The van der Waals surface area contributed by atoms with E-state index in [0.717, 1.165) is 30.9 Å². The van der Waals surface area contributed by atoms with Crippen molar-refractivity contribution in [2.24, 2.45) is 5.92 Å². The molecular formula is C9H15N5. The van der Waals surface area contributed by atoms with Crippen LogP contribution in [0.5, 0.6) is 0 Å². The summed E-state index contributed by atoms with van der Waals surface area (Å²) in [6.45, 7) is 1.83. The maximum absolute atomic E-state index is 4.04. The molecule has 5 heteroatoms. The first-order valence-electron chi connectivity index (χ1n) is 5.40. The van der Waals surface area contributed by atoms with Crippen molar-refractivity contribution in [1.29, 1.82) is 0 Å². The molecule has 2 fully saturated rings. The Bertz CT molecular complexity index is 313. The second-order valence-corrected chi connectivity index (χ2v) is 4.38. The molecule has 0 spiro atoms. The number of nitrogens with zero attached hydrogens (tertiary/aromatic N) is 4. The van der Waals surface area contributed by atoms with Crippen LogP contribution in [0.25, 0.3) is 0 Å². The molecule has 0 atom stereocenters. The van der Waals surface area contributed by atoms with E-state index in [2.05, 4.69) is 20.8 Å². The van der Waals surface area contributed by atoms with Crippen LogP contribution in [0.4, 0.5) is 0 Å². The van der Waals surface area contributed by atoms with E-state index in [9.17, 15) is 0 Å². The van der Waals surface area contributed by atoms with E-state index in [1.165, 1.54) is 25.7 Å². The van der Waals surface area contributed by atoms with E-state index in [1.807, 2.05) is 4.68 Å². The van der Waals surface area contributed by atoms with Gasteiger partial charge in [-0.05, 0) is 42.0 Å². The van der Waals surface area contributed by atoms with Crippen LogP contribution in [0, 0.1) is 5.92 Å². The molecule has 0 bridgehead atoms. The molecule has 14 heavy (non-hydrogen) atoms. The molecule has 0 radical (unpaired) electrons. The summed E-state index contributed by atoms with van der Waals surface area (Å²) in [5, 5.41) is 15.2. The fourth-order valence-corrected chi connectivity index (χ4v) is 1.56. The number of nitrogens with one attached hydrogen (secondary N) is 1. The van der Waals surface area contributed by atoms with Crippen molar-refractivity contribution in [3.63, 3.8) is 0 Å². The Hall–Kier alpha value is -0.970. The van der Waals surface area contributed by atoms with Crippen LogP contribution in [-0.4, -0.2) is 26.2 Å². The second-order valence-electron chi connectivity index (χ2n) is 4.38. The van der Waals surface area contributed by atoms with E-state index < -0.39 is 0 Å². The molecule has 2 aliphatic rings. The fourth-order valence-electron chi connectivity index (χ4n) is 1.56. The van der Waals surface area contributed by atoms with Crippen LogP contribution in [0.15, 0.2) is 0 Å². The lowest BCUT2D eigenvalue weighted by Crippen LogP contribution is -2.19. The van der Waals surface area contributed by atoms with Crippen molar-refractivity contribution in [3.8, 4) is 0 Å². The Morgan fingerprint density at radius 3 is 2.86 bits per heavy atom. The highest BCUT2D eigenvalue weighted by Gasteiger charge is 2.25. The Morgan fingerprint density at radius 2 is 2.14 bits per heavy atom. The minimum atomic E-state index is 0.723. The topological polar surface area (TPSA) is 55.6 Å². The normalized spacial score (nSPS) is 21.4. The molecule has 1 aromatic rings. The standard InChI is InChI=1S/C9H15N5/c1-2-7(1)6-14-9(11-12-13-14)5-10-8-3-4-8/h7-8,10H,1-6H2. The highest BCUT2D eigenvalue weighted by Crippen LogP contribution is 2.30. The molecule has 0 aromatic carbocycles. The quantitative estimate of drug-likeness (QED) is 0.732. The van der Waals surface area contributed by atoms with Crippen molar-refractivity contribution in [1.82, 2.24) is 25.5 Å². The summed E-state index contributed by atoms with van der Waals surface area (Å²) in [4.78, 5) is 0. The Kier molecular flexibility index (Phi) is 1.97. The van der Waals surface area contributed by atoms with Crippen LogP contribution in [0.2, 0.25) is 0 Å². The average molecular weight is 193 g/mol. The SMILES string of the molecule is C(NC1CC1)c1nnnn1CC1CC1. The van der Waals surface area contributed by atoms with Gasteiger partial charge in [0.15, 0.2) is 5.82 Å². The van der Waals surface area contributed by atoms with E-state index in [0.29, 0.717) is 0 Å². The van der Waals surface area contributed by atoms with Gasteiger partial charge in [0.1, 0.15) is 0 Å². The predicted molar refractivity (Wildman–Crippen MR) is 50.4 cm³/mol. The Morgan fingerprint density at radius 1 is 1.29 bits per heavy atom. The fraction of sp³-hybridized carbons (Fsp3) is 0.889. The third-order valence-corrected chi connectivity index (χ3v) is 2.86. The number of rotatable bonds is 5. The molecular weight excluding hydrogens is 178 g/mol. The van der Waals surface area contributed by atoms with Gasteiger partial charge < -0.3 is 5.32 Å². The van der Waals surface area contributed by atoms with Crippen molar-refractivity contribution in [2.45, 2.75) is 44.8 Å². The van der Waals surface area contributed by atoms with Crippen LogP contribution < -0.4 is 5.32 Å². The highest BCUT2D eigenvalue weighted by atomic mass is 15.5. The Labute approximate surface area is 82.9 Å². The molecule has 1 heterocycles. The van der Waals surface area contributed by atoms with E-state index in [-0.39, 0.29) is 0 Å². The van der Waals surface area contributed by atoms with Gasteiger partial charge in [-0.1, -0.05) is 0 Å². The maximum Gasteiger partial charge on any atom is 0.165 e. The molecule has 76 valence electrons. The number of tetrazole rings is 1. The van der Waals surface area contributed by atoms with Gasteiger partial charge in [-0.2, -0.15) is 0 Å².